The van der Waals surface area contributed by atoms with Crippen molar-refractivity contribution in [1.82, 2.24) is 9.97 Å². The van der Waals surface area contributed by atoms with Crippen molar-refractivity contribution in [3.63, 3.8) is 0 Å². The van der Waals surface area contributed by atoms with Crippen molar-refractivity contribution in [2.45, 2.75) is 13.3 Å². The second-order valence-electron chi connectivity index (χ2n) is 3.56. The van der Waals surface area contributed by atoms with Gasteiger partial charge in [-0.05, 0) is 30.7 Å². The first-order chi connectivity index (χ1) is 8.29. The van der Waals surface area contributed by atoms with Crippen LogP contribution in [0, 0.1) is 0 Å². The van der Waals surface area contributed by atoms with Crippen LogP contribution >= 0.6 is 0 Å². The summed E-state index contributed by atoms with van der Waals surface area (Å²) in [4.78, 5) is 20.0. The Labute approximate surface area is 99.7 Å². The van der Waals surface area contributed by atoms with E-state index in [-0.39, 0.29) is 5.91 Å². The lowest BCUT2D eigenvalue weighted by atomic mass is 10.2. The van der Waals surface area contributed by atoms with Gasteiger partial charge in [-0.15, -0.1) is 0 Å². The van der Waals surface area contributed by atoms with Gasteiger partial charge in [0.15, 0.2) is 0 Å². The van der Waals surface area contributed by atoms with Crippen molar-refractivity contribution in [3.05, 3.63) is 54.0 Å². The fraction of sp³-hybridized carbons (Fsp3) is 0.154. The third-order valence-corrected chi connectivity index (χ3v) is 2.33. The third-order valence-electron chi connectivity index (χ3n) is 2.33. The standard InChI is InChI=1S/C13H13N3O/c1-2-11-6-3-7-12(15-11)16-13(17)10-5-4-8-14-9-10/h3-9H,2H2,1H3,(H,15,16,17). The number of anilines is 1. The lowest BCUT2D eigenvalue weighted by Crippen LogP contribution is -2.13. The van der Waals surface area contributed by atoms with Gasteiger partial charge >= 0.3 is 0 Å². The van der Waals surface area contributed by atoms with Gasteiger partial charge < -0.3 is 5.32 Å². The highest BCUT2D eigenvalue weighted by Gasteiger charge is 2.06. The molecule has 0 aliphatic carbocycles. The largest absolute Gasteiger partial charge is 0.307 e. The summed E-state index contributed by atoms with van der Waals surface area (Å²) in [5, 5.41) is 2.74. The van der Waals surface area contributed by atoms with Gasteiger partial charge in [0.25, 0.3) is 5.91 Å². The SMILES string of the molecule is CCc1cccc(NC(=O)c2cccnc2)n1. The lowest BCUT2D eigenvalue weighted by Gasteiger charge is -2.05. The summed E-state index contributed by atoms with van der Waals surface area (Å²) in [7, 11) is 0. The number of carbonyl (C=O) groups excluding carboxylic acids is 1. The van der Waals surface area contributed by atoms with Crippen LogP contribution in [0.5, 0.6) is 0 Å². The summed E-state index contributed by atoms with van der Waals surface area (Å²) in [6, 6.07) is 9.02. The molecule has 0 spiro atoms. The zero-order valence-electron chi connectivity index (χ0n) is 9.55. The first kappa shape index (κ1) is 11.3. The molecule has 4 nitrogen and oxygen atoms in total. The summed E-state index contributed by atoms with van der Waals surface area (Å²) < 4.78 is 0. The van der Waals surface area contributed by atoms with E-state index in [9.17, 15) is 4.79 Å². The third kappa shape index (κ3) is 2.87. The van der Waals surface area contributed by atoms with Gasteiger partial charge in [-0.25, -0.2) is 4.98 Å². The molecule has 0 unspecified atom stereocenters. The lowest BCUT2D eigenvalue weighted by molar-refractivity contribution is 0.102. The summed E-state index contributed by atoms with van der Waals surface area (Å²) in [5.41, 5.74) is 1.48. The molecule has 2 rings (SSSR count). The Balaban J connectivity index is 2.13. The molecule has 86 valence electrons. The second kappa shape index (κ2) is 5.21. The number of carbonyl (C=O) groups is 1. The molecule has 2 aromatic rings. The molecule has 0 bridgehead atoms. The van der Waals surface area contributed by atoms with Crippen LogP contribution in [0.25, 0.3) is 0 Å². The number of aryl methyl sites for hydroxylation is 1. The van der Waals surface area contributed by atoms with E-state index in [1.807, 2.05) is 19.1 Å². The van der Waals surface area contributed by atoms with Gasteiger partial charge in [0, 0.05) is 18.1 Å². The molecule has 1 amide bonds. The number of aromatic nitrogens is 2. The molecule has 0 atom stereocenters. The monoisotopic (exact) mass is 227 g/mol. The Hall–Kier alpha value is -2.23. The molecule has 1 N–H and O–H groups in total. The van der Waals surface area contributed by atoms with E-state index in [0.717, 1.165) is 12.1 Å². The predicted molar refractivity (Wildman–Crippen MR) is 65.8 cm³/mol. The maximum absolute atomic E-state index is 11.8. The molecule has 0 aromatic carbocycles. The molecule has 0 saturated heterocycles. The van der Waals surface area contributed by atoms with E-state index in [2.05, 4.69) is 15.3 Å². The van der Waals surface area contributed by atoms with E-state index in [1.165, 1.54) is 6.20 Å². The van der Waals surface area contributed by atoms with Crippen LogP contribution in [-0.4, -0.2) is 15.9 Å². The zero-order chi connectivity index (χ0) is 12.1. The molecular weight excluding hydrogens is 214 g/mol. The Morgan fingerprint density at radius 3 is 2.88 bits per heavy atom. The molecule has 0 saturated carbocycles. The normalized spacial score (nSPS) is 9.94. The molecular formula is C13H13N3O. The average molecular weight is 227 g/mol. The summed E-state index contributed by atoms with van der Waals surface area (Å²) in [5.74, 6) is 0.372. The fourth-order valence-electron chi connectivity index (χ4n) is 1.43. The zero-order valence-corrected chi connectivity index (χ0v) is 9.55. The summed E-state index contributed by atoms with van der Waals surface area (Å²) in [6.45, 7) is 2.02. The van der Waals surface area contributed by atoms with Crippen LogP contribution in [0.4, 0.5) is 5.82 Å². The van der Waals surface area contributed by atoms with Gasteiger partial charge in [0.1, 0.15) is 5.82 Å². The minimum Gasteiger partial charge on any atom is -0.307 e. The van der Waals surface area contributed by atoms with Crippen LogP contribution in [0.2, 0.25) is 0 Å². The average Bonchev–Trinajstić information content (AvgIpc) is 2.40. The number of hydrogen-bond donors (Lipinski definition) is 1. The minimum atomic E-state index is -0.196. The molecule has 2 aromatic heterocycles. The molecule has 4 heteroatoms. The molecule has 0 fully saturated rings. The van der Waals surface area contributed by atoms with E-state index >= 15 is 0 Å². The second-order valence-corrected chi connectivity index (χ2v) is 3.56. The van der Waals surface area contributed by atoms with Crippen molar-refractivity contribution in [2.75, 3.05) is 5.32 Å². The van der Waals surface area contributed by atoms with Gasteiger partial charge in [-0.1, -0.05) is 13.0 Å². The van der Waals surface area contributed by atoms with Gasteiger partial charge in [-0.3, -0.25) is 9.78 Å². The number of nitrogens with one attached hydrogen (secondary N) is 1. The van der Waals surface area contributed by atoms with Crippen molar-refractivity contribution >= 4 is 11.7 Å². The number of pyridine rings is 2. The highest BCUT2D eigenvalue weighted by Crippen LogP contribution is 2.07. The highest BCUT2D eigenvalue weighted by molar-refractivity contribution is 6.03. The van der Waals surface area contributed by atoms with Crippen LogP contribution in [0.1, 0.15) is 23.0 Å². The highest BCUT2D eigenvalue weighted by atomic mass is 16.1. The van der Waals surface area contributed by atoms with Gasteiger partial charge in [0.05, 0.1) is 5.56 Å². The number of hydrogen-bond acceptors (Lipinski definition) is 3. The molecule has 0 aliphatic rings. The van der Waals surface area contributed by atoms with E-state index in [0.29, 0.717) is 11.4 Å². The van der Waals surface area contributed by atoms with Gasteiger partial charge in [-0.2, -0.15) is 0 Å². The quantitative estimate of drug-likeness (QED) is 0.875. The Morgan fingerprint density at radius 2 is 2.18 bits per heavy atom. The molecule has 0 aliphatic heterocycles. The van der Waals surface area contributed by atoms with Crippen LogP contribution in [0.15, 0.2) is 42.7 Å². The number of nitrogens with zero attached hydrogens (tertiary/aromatic N) is 2. The van der Waals surface area contributed by atoms with Crippen molar-refractivity contribution in [3.8, 4) is 0 Å². The Morgan fingerprint density at radius 1 is 1.29 bits per heavy atom. The minimum absolute atomic E-state index is 0.196. The topological polar surface area (TPSA) is 54.9 Å². The predicted octanol–water partition coefficient (Wildman–Crippen LogP) is 2.29. The van der Waals surface area contributed by atoms with Crippen LogP contribution in [-0.2, 0) is 6.42 Å². The number of amides is 1. The van der Waals surface area contributed by atoms with Crippen molar-refractivity contribution in [2.24, 2.45) is 0 Å². The van der Waals surface area contributed by atoms with Crippen LogP contribution in [0.3, 0.4) is 0 Å². The smallest absolute Gasteiger partial charge is 0.258 e. The maximum Gasteiger partial charge on any atom is 0.258 e. The Bertz CT molecular complexity index is 511. The van der Waals surface area contributed by atoms with Crippen molar-refractivity contribution < 1.29 is 4.79 Å². The van der Waals surface area contributed by atoms with E-state index in [4.69, 9.17) is 0 Å². The first-order valence-corrected chi connectivity index (χ1v) is 5.47. The van der Waals surface area contributed by atoms with Gasteiger partial charge in [0.2, 0.25) is 0 Å². The summed E-state index contributed by atoms with van der Waals surface area (Å²) >= 11 is 0. The molecule has 0 radical (unpaired) electrons. The van der Waals surface area contributed by atoms with E-state index in [1.54, 1.807) is 24.4 Å². The summed E-state index contributed by atoms with van der Waals surface area (Å²) in [6.07, 6.45) is 4.00. The molecule has 2 heterocycles. The molecule has 17 heavy (non-hydrogen) atoms. The first-order valence-electron chi connectivity index (χ1n) is 5.47. The van der Waals surface area contributed by atoms with Crippen LogP contribution < -0.4 is 5.32 Å². The fourth-order valence-corrected chi connectivity index (χ4v) is 1.43. The van der Waals surface area contributed by atoms with Crippen molar-refractivity contribution in [1.29, 1.82) is 0 Å². The maximum atomic E-state index is 11.8. The Kier molecular flexibility index (Phi) is 3.45. The number of rotatable bonds is 3. The van der Waals surface area contributed by atoms with E-state index < -0.39 is 0 Å².